The lowest BCUT2D eigenvalue weighted by atomic mass is 9.98. The fourth-order valence-electron chi connectivity index (χ4n) is 3.75. The largest absolute Gasteiger partial charge is 0.473 e. The molecule has 2 bridgehead atoms. The summed E-state index contributed by atoms with van der Waals surface area (Å²) in [6.07, 6.45) is 4.16. The van der Waals surface area contributed by atoms with E-state index in [-0.39, 0.29) is 18.7 Å². The molecule has 154 valence electrons. The van der Waals surface area contributed by atoms with Gasteiger partial charge in [0.1, 0.15) is 12.0 Å². The smallest absolute Gasteiger partial charge is 0.414 e. The van der Waals surface area contributed by atoms with Crippen LogP contribution in [0.25, 0.3) is 0 Å². The standard InChI is InChI=1S/C17H24N2O3.C2H2O4/c1-19-13-6-7-14(19)9-15(8-13)22-17(21)16(10-20)11-2-4-12(18)5-3-11;3-1(4)2(5)6/h2-5,13-16,20H,6-10,18H2,1H3;(H,3,4)(H,5,6)/t13-,14+,15?,16?;. The Balaban J connectivity index is 0.000000409. The molecule has 0 aromatic heterocycles. The van der Waals surface area contributed by atoms with Crippen molar-refractivity contribution < 1.29 is 34.4 Å². The molecule has 28 heavy (non-hydrogen) atoms. The second-order valence-electron chi connectivity index (χ2n) is 7.09. The van der Waals surface area contributed by atoms with Gasteiger partial charge in [-0.2, -0.15) is 0 Å². The number of aliphatic carboxylic acids is 2. The summed E-state index contributed by atoms with van der Waals surface area (Å²) >= 11 is 0. The third-order valence-electron chi connectivity index (χ3n) is 5.33. The number of carboxylic acids is 2. The number of anilines is 1. The van der Waals surface area contributed by atoms with Crippen LogP contribution in [0.15, 0.2) is 24.3 Å². The molecular formula is C19H26N2O7. The van der Waals surface area contributed by atoms with Crippen LogP contribution in [0.5, 0.6) is 0 Å². The van der Waals surface area contributed by atoms with E-state index >= 15 is 0 Å². The summed E-state index contributed by atoms with van der Waals surface area (Å²) < 4.78 is 5.70. The predicted octanol–water partition coefficient (Wildman–Crippen LogP) is 0.669. The van der Waals surface area contributed by atoms with Crippen LogP contribution in [0, 0.1) is 0 Å². The number of carboxylic acid groups (broad SMARTS) is 2. The van der Waals surface area contributed by atoms with E-state index in [1.54, 1.807) is 24.3 Å². The molecule has 2 saturated heterocycles. The van der Waals surface area contributed by atoms with Crippen LogP contribution in [0.3, 0.4) is 0 Å². The third kappa shape index (κ3) is 5.43. The van der Waals surface area contributed by atoms with Gasteiger partial charge in [0.25, 0.3) is 0 Å². The molecule has 2 heterocycles. The minimum Gasteiger partial charge on any atom is -0.473 e. The molecule has 2 fully saturated rings. The summed E-state index contributed by atoms with van der Waals surface area (Å²) in [6.45, 7) is -0.248. The number of hydrogen-bond donors (Lipinski definition) is 4. The number of ether oxygens (including phenoxy) is 1. The van der Waals surface area contributed by atoms with E-state index in [2.05, 4.69) is 11.9 Å². The van der Waals surface area contributed by atoms with Crippen molar-refractivity contribution in [1.82, 2.24) is 4.90 Å². The summed E-state index contributed by atoms with van der Waals surface area (Å²) in [5.74, 6) is -4.61. The number of piperidine rings is 1. The molecule has 2 aliphatic rings. The number of esters is 1. The predicted molar refractivity (Wildman–Crippen MR) is 99.6 cm³/mol. The zero-order valence-electron chi connectivity index (χ0n) is 15.7. The van der Waals surface area contributed by atoms with Gasteiger partial charge in [0.15, 0.2) is 0 Å². The summed E-state index contributed by atoms with van der Waals surface area (Å²) in [4.78, 5) is 33.0. The number of nitrogen functional groups attached to an aromatic ring is 1. The van der Waals surface area contributed by atoms with Crippen LogP contribution in [0.1, 0.15) is 37.2 Å². The maximum Gasteiger partial charge on any atom is 0.414 e. The van der Waals surface area contributed by atoms with Crippen molar-refractivity contribution in [1.29, 1.82) is 0 Å². The maximum atomic E-state index is 12.4. The van der Waals surface area contributed by atoms with Gasteiger partial charge in [-0.3, -0.25) is 4.79 Å². The SMILES string of the molecule is CN1[C@@H]2CC[C@H]1CC(OC(=O)C(CO)c1ccc(N)cc1)C2.O=C(O)C(=O)O. The molecule has 3 rings (SSSR count). The van der Waals surface area contributed by atoms with E-state index in [0.29, 0.717) is 17.8 Å². The highest BCUT2D eigenvalue weighted by Crippen LogP contribution is 2.36. The minimum atomic E-state index is -1.82. The first-order valence-electron chi connectivity index (χ1n) is 9.07. The van der Waals surface area contributed by atoms with Gasteiger partial charge in [0, 0.05) is 17.8 Å². The highest BCUT2D eigenvalue weighted by molar-refractivity contribution is 6.27. The van der Waals surface area contributed by atoms with E-state index in [9.17, 15) is 9.90 Å². The van der Waals surface area contributed by atoms with E-state index < -0.39 is 17.9 Å². The highest BCUT2D eigenvalue weighted by Gasteiger charge is 2.40. The zero-order valence-corrected chi connectivity index (χ0v) is 15.7. The number of aliphatic hydroxyl groups is 1. The number of carbonyl (C=O) groups excluding carboxylic acids is 1. The van der Waals surface area contributed by atoms with Gasteiger partial charge >= 0.3 is 17.9 Å². The Labute approximate surface area is 162 Å². The number of aliphatic hydroxyl groups excluding tert-OH is 1. The molecule has 5 N–H and O–H groups in total. The van der Waals surface area contributed by atoms with Crippen molar-refractivity contribution in [2.75, 3.05) is 19.4 Å². The first-order valence-corrected chi connectivity index (χ1v) is 9.07. The van der Waals surface area contributed by atoms with Crippen molar-refractivity contribution in [3.05, 3.63) is 29.8 Å². The quantitative estimate of drug-likeness (QED) is 0.328. The van der Waals surface area contributed by atoms with Gasteiger partial charge < -0.3 is 30.7 Å². The first kappa shape index (κ1) is 21.6. The Morgan fingerprint density at radius 3 is 2.04 bits per heavy atom. The van der Waals surface area contributed by atoms with Gasteiger partial charge in [-0.25, -0.2) is 9.59 Å². The highest BCUT2D eigenvalue weighted by atomic mass is 16.5. The summed E-state index contributed by atoms with van der Waals surface area (Å²) in [7, 11) is 2.16. The summed E-state index contributed by atoms with van der Waals surface area (Å²) in [6, 6.07) is 8.08. The van der Waals surface area contributed by atoms with Crippen LogP contribution in [0.2, 0.25) is 0 Å². The molecule has 0 radical (unpaired) electrons. The van der Waals surface area contributed by atoms with Crippen LogP contribution in [0.4, 0.5) is 5.69 Å². The van der Waals surface area contributed by atoms with Crippen molar-refractivity contribution in [2.45, 2.75) is 49.8 Å². The molecule has 9 heteroatoms. The van der Waals surface area contributed by atoms with Crippen molar-refractivity contribution in [2.24, 2.45) is 0 Å². The van der Waals surface area contributed by atoms with Gasteiger partial charge in [0.2, 0.25) is 0 Å². The molecule has 0 amide bonds. The van der Waals surface area contributed by atoms with Gasteiger partial charge in [-0.15, -0.1) is 0 Å². The minimum absolute atomic E-state index is 0.0240. The monoisotopic (exact) mass is 394 g/mol. The average molecular weight is 394 g/mol. The molecule has 0 saturated carbocycles. The van der Waals surface area contributed by atoms with Crippen molar-refractivity contribution >= 4 is 23.6 Å². The van der Waals surface area contributed by atoms with E-state index in [0.717, 1.165) is 18.4 Å². The van der Waals surface area contributed by atoms with Crippen molar-refractivity contribution in [3.63, 3.8) is 0 Å². The van der Waals surface area contributed by atoms with Gasteiger partial charge in [0.05, 0.1) is 6.61 Å². The lowest BCUT2D eigenvalue weighted by Gasteiger charge is -2.36. The molecule has 4 atom stereocenters. The Bertz CT molecular complexity index is 681. The maximum absolute atomic E-state index is 12.4. The lowest BCUT2D eigenvalue weighted by Crippen LogP contribution is -2.43. The number of nitrogens with zero attached hydrogens (tertiary/aromatic N) is 1. The van der Waals surface area contributed by atoms with Crippen LogP contribution < -0.4 is 5.73 Å². The molecule has 0 aliphatic carbocycles. The number of benzene rings is 1. The fraction of sp³-hybridized carbons (Fsp3) is 0.526. The van der Waals surface area contributed by atoms with Crippen LogP contribution in [-0.2, 0) is 19.1 Å². The van der Waals surface area contributed by atoms with Crippen LogP contribution in [-0.4, -0.2) is 70.0 Å². The van der Waals surface area contributed by atoms with Crippen molar-refractivity contribution in [3.8, 4) is 0 Å². The number of carbonyl (C=O) groups is 3. The van der Waals surface area contributed by atoms with E-state index in [4.69, 9.17) is 30.3 Å². The normalized spacial score (nSPS) is 24.6. The third-order valence-corrected chi connectivity index (χ3v) is 5.33. The van der Waals surface area contributed by atoms with Gasteiger partial charge in [-0.05, 0) is 50.4 Å². The van der Waals surface area contributed by atoms with Crippen LogP contribution >= 0.6 is 0 Å². The molecule has 9 nitrogen and oxygen atoms in total. The summed E-state index contributed by atoms with van der Waals surface area (Å²) in [5, 5.41) is 24.3. The number of fused-ring (bicyclic) bond motifs is 2. The topological polar surface area (TPSA) is 150 Å². The fourth-order valence-corrected chi connectivity index (χ4v) is 3.75. The lowest BCUT2D eigenvalue weighted by molar-refractivity contribution is -0.159. The number of nitrogens with two attached hydrogens (primary N) is 1. The second kappa shape index (κ2) is 9.52. The Hall–Kier alpha value is -2.65. The van der Waals surface area contributed by atoms with E-state index in [1.807, 2.05) is 0 Å². The molecule has 2 unspecified atom stereocenters. The molecule has 1 aromatic carbocycles. The first-order chi connectivity index (χ1) is 13.2. The van der Waals surface area contributed by atoms with E-state index in [1.165, 1.54) is 12.8 Å². The number of hydrogen-bond acceptors (Lipinski definition) is 7. The zero-order chi connectivity index (χ0) is 20.8. The molecule has 1 aromatic rings. The molecule has 2 aliphatic heterocycles. The average Bonchev–Trinajstić information content (AvgIpc) is 2.85. The Kier molecular flexibility index (Phi) is 7.36. The molecular weight excluding hydrogens is 368 g/mol. The Morgan fingerprint density at radius 2 is 1.61 bits per heavy atom. The van der Waals surface area contributed by atoms with Gasteiger partial charge in [-0.1, -0.05) is 12.1 Å². The second-order valence-corrected chi connectivity index (χ2v) is 7.09. The Morgan fingerprint density at radius 1 is 1.11 bits per heavy atom. The summed E-state index contributed by atoms with van der Waals surface area (Å²) in [5.41, 5.74) is 7.05. The number of rotatable bonds is 4. The molecule has 0 spiro atoms.